The van der Waals surface area contributed by atoms with Crippen LogP contribution in [0.3, 0.4) is 0 Å². The molecule has 0 saturated heterocycles. The fourth-order valence-electron chi connectivity index (χ4n) is 2.44. The Kier molecular flexibility index (Phi) is 4.51. The Morgan fingerprint density at radius 3 is 2.36 bits per heavy atom. The van der Waals surface area contributed by atoms with Crippen LogP contribution in [0.25, 0.3) is 16.8 Å². The fourth-order valence-corrected chi connectivity index (χ4v) is 2.71. The molecule has 128 valence electrons. The Balaban J connectivity index is 2.19. The summed E-state index contributed by atoms with van der Waals surface area (Å²) in [6.07, 6.45) is -4.47. The summed E-state index contributed by atoms with van der Waals surface area (Å²) in [5.41, 5.74) is 0.152. The molecule has 0 amide bonds. The van der Waals surface area contributed by atoms with Crippen molar-refractivity contribution in [1.29, 1.82) is 0 Å². The smallest absolute Gasteiger partial charge is 0.267 e. The summed E-state index contributed by atoms with van der Waals surface area (Å²) in [4.78, 5) is 12.8. The van der Waals surface area contributed by atoms with Gasteiger partial charge >= 0.3 is 6.18 Å². The molecule has 0 aliphatic carbocycles. The largest absolute Gasteiger partial charge is 0.416 e. The Morgan fingerprint density at radius 1 is 1.04 bits per heavy atom. The van der Waals surface area contributed by atoms with Crippen LogP contribution >= 0.6 is 15.9 Å². The molecule has 0 unspecified atom stereocenters. The number of benzene rings is 2. The van der Waals surface area contributed by atoms with Crippen LogP contribution in [0.15, 0.2) is 63.9 Å². The second-order valence-electron chi connectivity index (χ2n) is 5.47. The summed E-state index contributed by atoms with van der Waals surface area (Å²) < 4.78 is 40.9. The average Bonchev–Trinajstić information content (AvgIpc) is 2.57. The highest BCUT2D eigenvalue weighted by Crippen LogP contribution is 2.31. The third-order valence-corrected chi connectivity index (χ3v) is 4.13. The average molecular weight is 409 g/mol. The summed E-state index contributed by atoms with van der Waals surface area (Å²) in [5.74, 6) is 0. The first-order chi connectivity index (χ1) is 11.8. The minimum Gasteiger partial charge on any atom is -0.267 e. The van der Waals surface area contributed by atoms with Gasteiger partial charge in [0.05, 0.1) is 22.5 Å². The summed E-state index contributed by atoms with van der Waals surface area (Å²) >= 11 is 3.31. The lowest BCUT2D eigenvalue weighted by atomic mass is 10.0. The maximum absolute atomic E-state index is 12.9. The van der Waals surface area contributed by atoms with Crippen LogP contribution in [0.4, 0.5) is 13.2 Å². The van der Waals surface area contributed by atoms with Crippen LogP contribution in [-0.4, -0.2) is 9.78 Å². The Bertz CT molecular complexity index is 979. The van der Waals surface area contributed by atoms with Crippen molar-refractivity contribution in [1.82, 2.24) is 9.78 Å². The van der Waals surface area contributed by atoms with E-state index in [1.807, 2.05) is 0 Å². The van der Waals surface area contributed by atoms with E-state index in [1.54, 1.807) is 31.2 Å². The number of halogens is 4. The molecular formula is C18H12BrF3N2O. The van der Waals surface area contributed by atoms with Crippen molar-refractivity contribution >= 4 is 15.9 Å². The summed E-state index contributed by atoms with van der Waals surface area (Å²) in [6, 6.07) is 13.1. The fraction of sp³-hybridized carbons (Fsp3) is 0.111. The van der Waals surface area contributed by atoms with Crippen molar-refractivity contribution in [3.05, 3.63) is 80.7 Å². The first kappa shape index (κ1) is 17.4. The van der Waals surface area contributed by atoms with Gasteiger partial charge in [-0.2, -0.15) is 23.0 Å². The van der Waals surface area contributed by atoms with Gasteiger partial charge in [0.15, 0.2) is 0 Å². The van der Waals surface area contributed by atoms with Gasteiger partial charge in [-0.15, -0.1) is 0 Å². The maximum atomic E-state index is 12.9. The van der Waals surface area contributed by atoms with E-state index in [9.17, 15) is 18.0 Å². The van der Waals surface area contributed by atoms with Gasteiger partial charge in [0.1, 0.15) is 0 Å². The highest BCUT2D eigenvalue weighted by atomic mass is 79.9. The lowest BCUT2D eigenvalue weighted by Crippen LogP contribution is -2.23. The predicted molar refractivity (Wildman–Crippen MR) is 92.7 cm³/mol. The molecule has 0 bridgehead atoms. The zero-order valence-electron chi connectivity index (χ0n) is 13.0. The number of alkyl halides is 3. The topological polar surface area (TPSA) is 34.9 Å². The molecule has 0 fully saturated rings. The quantitative estimate of drug-likeness (QED) is 0.598. The second-order valence-corrected chi connectivity index (χ2v) is 6.39. The Morgan fingerprint density at radius 2 is 1.72 bits per heavy atom. The second kappa shape index (κ2) is 6.48. The van der Waals surface area contributed by atoms with E-state index in [0.717, 1.165) is 16.6 Å². The molecule has 0 aliphatic heterocycles. The third-order valence-electron chi connectivity index (χ3n) is 3.61. The normalized spacial score (nSPS) is 11.6. The van der Waals surface area contributed by atoms with E-state index in [0.29, 0.717) is 11.4 Å². The molecule has 3 aromatic rings. The zero-order valence-corrected chi connectivity index (χ0v) is 14.6. The molecule has 1 aromatic heterocycles. The van der Waals surface area contributed by atoms with E-state index in [2.05, 4.69) is 21.0 Å². The van der Waals surface area contributed by atoms with Crippen LogP contribution in [0.1, 0.15) is 11.3 Å². The number of aromatic nitrogens is 2. The number of hydrogen-bond donors (Lipinski definition) is 0. The molecule has 0 radical (unpaired) electrons. The SMILES string of the molecule is Cc1cc(-c2cccc(C(F)(F)F)c2)c(=O)n(-c2ccc(Br)cc2)n1. The molecule has 2 aromatic carbocycles. The van der Waals surface area contributed by atoms with Crippen LogP contribution in [0, 0.1) is 6.92 Å². The summed E-state index contributed by atoms with van der Waals surface area (Å²) in [6.45, 7) is 1.69. The van der Waals surface area contributed by atoms with Gasteiger partial charge < -0.3 is 0 Å². The molecule has 25 heavy (non-hydrogen) atoms. The predicted octanol–water partition coefficient (Wildman–Crippen LogP) is 4.99. The maximum Gasteiger partial charge on any atom is 0.416 e. The monoisotopic (exact) mass is 408 g/mol. The molecule has 3 rings (SSSR count). The Labute approximate surface area is 149 Å². The lowest BCUT2D eigenvalue weighted by molar-refractivity contribution is -0.137. The van der Waals surface area contributed by atoms with Crippen LogP contribution in [0.2, 0.25) is 0 Å². The van der Waals surface area contributed by atoms with E-state index in [4.69, 9.17) is 0 Å². The van der Waals surface area contributed by atoms with E-state index >= 15 is 0 Å². The third kappa shape index (κ3) is 3.66. The van der Waals surface area contributed by atoms with Crippen molar-refractivity contribution in [2.45, 2.75) is 13.1 Å². The van der Waals surface area contributed by atoms with Gasteiger partial charge in [-0.1, -0.05) is 28.1 Å². The molecule has 0 spiro atoms. The minimum absolute atomic E-state index is 0.168. The van der Waals surface area contributed by atoms with Crippen molar-refractivity contribution in [2.75, 3.05) is 0 Å². The van der Waals surface area contributed by atoms with Gasteiger partial charge in [-0.25, -0.2) is 0 Å². The molecule has 7 heteroatoms. The van der Waals surface area contributed by atoms with Gasteiger partial charge in [0.25, 0.3) is 5.56 Å². The molecular weight excluding hydrogens is 397 g/mol. The zero-order chi connectivity index (χ0) is 18.2. The summed E-state index contributed by atoms with van der Waals surface area (Å²) in [7, 11) is 0. The summed E-state index contributed by atoms with van der Waals surface area (Å²) in [5, 5.41) is 4.20. The molecule has 0 saturated carbocycles. The number of rotatable bonds is 2. The van der Waals surface area contributed by atoms with Crippen LogP contribution in [-0.2, 0) is 6.18 Å². The van der Waals surface area contributed by atoms with E-state index < -0.39 is 17.3 Å². The van der Waals surface area contributed by atoms with Crippen LogP contribution < -0.4 is 5.56 Å². The highest BCUT2D eigenvalue weighted by molar-refractivity contribution is 9.10. The van der Waals surface area contributed by atoms with Crippen molar-refractivity contribution in [3.63, 3.8) is 0 Å². The molecule has 0 atom stereocenters. The number of nitrogens with zero attached hydrogens (tertiary/aromatic N) is 2. The van der Waals surface area contributed by atoms with E-state index in [1.165, 1.54) is 22.9 Å². The molecule has 3 nitrogen and oxygen atoms in total. The number of hydrogen-bond acceptors (Lipinski definition) is 2. The number of aryl methyl sites for hydroxylation is 1. The van der Waals surface area contributed by atoms with Crippen molar-refractivity contribution in [2.24, 2.45) is 0 Å². The van der Waals surface area contributed by atoms with Crippen LogP contribution in [0.5, 0.6) is 0 Å². The van der Waals surface area contributed by atoms with Gasteiger partial charge in [-0.05, 0) is 55.0 Å². The first-order valence-electron chi connectivity index (χ1n) is 7.30. The van der Waals surface area contributed by atoms with E-state index in [-0.39, 0.29) is 11.1 Å². The molecule has 0 aliphatic rings. The van der Waals surface area contributed by atoms with Crippen molar-refractivity contribution in [3.8, 4) is 16.8 Å². The lowest BCUT2D eigenvalue weighted by Gasteiger charge is -2.11. The Hall–Kier alpha value is -2.41. The van der Waals surface area contributed by atoms with Gasteiger partial charge in [0, 0.05) is 4.47 Å². The van der Waals surface area contributed by atoms with Gasteiger partial charge in [-0.3, -0.25) is 4.79 Å². The standard InChI is InChI=1S/C18H12BrF3N2O/c1-11-9-16(12-3-2-4-13(10-12)18(20,21)22)17(25)24(23-11)15-7-5-14(19)6-8-15/h2-10H,1H3. The highest BCUT2D eigenvalue weighted by Gasteiger charge is 2.30. The molecule has 1 heterocycles. The molecule has 0 N–H and O–H groups in total. The van der Waals surface area contributed by atoms with Gasteiger partial charge in [0.2, 0.25) is 0 Å². The minimum atomic E-state index is -4.47. The first-order valence-corrected chi connectivity index (χ1v) is 8.09. The van der Waals surface area contributed by atoms with Crippen molar-refractivity contribution < 1.29 is 13.2 Å².